The average Bonchev–Trinajstić information content (AvgIpc) is 2.52. The molecule has 0 heterocycles. The fourth-order valence-electron chi connectivity index (χ4n) is 2.66. The second-order valence-electron chi connectivity index (χ2n) is 5.30. The molecule has 1 nitrogen and oxygen atoms in total. The maximum Gasteiger partial charge on any atom is 0.123 e. The molecular weight excluding hydrogens is 261 g/mol. The van der Waals surface area contributed by atoms with Gasteiger partial charge in [-0.1, -0.05) is 54.6 Å². The van der Waals surface area contributed by atoms with Crippen molar-refractivity contribution < 1.29 is 4.39 Å². The molecule has 0 spiro atoms. The van der Waals surface area contributed by atoms with Crippen molar-refractivity contribution in [3.8, 4) is 0 Å². The molecule has 0 amide bonds. The van der Waals surface area contributed by atoms with E-state index < -0.39 is 0 Å². The molecule has 0 fully saturated rings. The largest absolute Gasteiger partial charge is 0.306 e. The minimum absolute atomic E-state index is 0.188. The van der Waals surface area contributed by atoms with Crippen LogP contribution in [0.3, 0.4) is 0 Å². The van der Waals surface area contributed by atoms with Crippen molar-refractivity contribution in [2.24, 2.45) is 0 Å². The van der Waals surface area contributed by atoms with Crippen molar-refractivity contribution in [1.82, 2.24) is 5.32 Å². The lowest BCUT2D eigenvalue weighted by Gasteiger charge is -2.16. The number of halogens is 1. The first-order valence-corrected chi connectivity index (χ1v) is 7.19. The molecule has 3 rings (SSSR count). The summed E-state index contributed by atoms with van der Waals surface area (Å²) < 4.78 is 13.2. The Morgan fingerprint density at radius 3 is 2.57 bits per heavy atom. The third-order valence-corrected chi connectivity index (χ3v) is 3.79. The average molecular weight is 279 g/mol. The van der Waals surface area contributed by atoms with Crippen LogP contribution in [-0.2, 0) is 6.54 Å². The first-order valence-electron chi connectivity index (χ1n) is 7.19. The van der Waals surface area contributed by atoms with E-state index in [1.807, 2.05) is 6.07 Å². The van der Waals surface area contributed by atoms with Gasteiger partial charge < -0.3 is 5.32 Å². The van der Waals surface area contributed by atoms with Gasteiger partial charge in [0.05, 0.1) is 0 Å². The van der Waals surface area contributed by atoms with Crippen molar-refractivity contribution >= 4 is 10.8 Å². The lowest BCUT2D eigenvalue weighted by atomic mass is 9.99. The molecule has 0 aliphatic carbocycles. The molecule has 0 saturated heterocycles. The van der Waals surface area contributed by atoms with E-state index >= 15 is 0 Å². The molecule has 1 unspecified atom stereocenters. The van der Waals surface area contributed by atoms with Gasteiger partial charge in [-0.05, 0) is 41.0 Å². The van der Waals surface area contributed by atoms with E-state index in [1.165, 1.54) is 22.4 Å². The molecular formula is C19H18FN. The lowest BCUT2D eigenvalue weighted by Crippen LogP contribution is -2.18. The fourth-order valence-corrected chi connectivity index (χ4v) is 2.66. The summed E-state index contributed by atoms with van der Waals surface area (Å²) in [6, 6.07) is 21.7. The van der Waals surface area contributed by atoms with E-state index in [2.05, 4.69) is 54.7 Å². The van der Waals surface area contributed by atoms with Crippen molar-refractivity contribution in [2.45, 2.75) is 19.5 Å². The van der Waals surface area contributed by atoms with Crippen molar-refractivity contribution in [3.05, 3.63) is 83.7 Å². The lowest BCUT2D eigenvalue weighted by molar-refractivity contribution is 0.572. The maximum absolute atomic E-state index is 13.2. The highest BCUT2D eigenvalue weighted by Gasteiger charge is 2.08. The second-order valence-corrected chi connectivity index (χ2v) is 5.30. The highest BCUT2D eigenvalue weighted by Crippen LogP contribution is 2.24. The first kappa shape index (κ1) is 13.8. The molecule has 0 radical (unpaired) electrons. The van der Waals surface area contributed by atoms with Crippen LogP contribution in [0.5, 0.6) is 0 Å². The van der Waals surface area contributed by atoms with E-state index in [-0.39, 0.29) is 11.9 Å². The predicted molar refractivity (Wildman–Crippen MR) is 85.6 cm³/mol. The standard InChI is InChI=1S/C19H18FN/c1-14(21-13-15-6-4-9-17(20)12-15)18-11-5-8-16-7-2-3-10-19(16)18/h2-12,14,21H,13H2,1H3. The van der Waals surface area contributed by atoms with Gasteiger partial charge in [-0.25, -0.2) is 4.39 Å². The van der Waals surface area contributed by atoms with Crippen LogP contribution in [0, 0.1) is 5.82 Å². The summed E-state index contributed by atoms with van der Waals surface area (Å²) in [6.45, 7) is 2.79. The third-order valence-electron chi connectivity index (χ3n) is 3.79. The summed E-state index contributed by atoms with van der Waals surface area (Å²) >= 11 is 0. The number of rotatable bonds is 4. The van der Waals surface area contributed by atoms with Crippen molar-refractivity contribution in [2.75, 3.05) is 0 Å². The summed E-state index contributed by atoms with van der Waals surface area (Å²) in [7, 11) is 0. The normalized spacial score (nSPS) is 12.5. The molecule has 0 aliphatic rings. The molecule has 3 aromatic rings. The Bertz CT molecular complexity index is 746. The zero-order chi connectivity index (χ0) is 14.7. The Hall–Kier alpha value is -2.19. The molecule has 2 heteroatoms. The Morgan fingerprint density at radius 1 is 0.952 bits per heavy atom. The highest BCUT2D eigenvalue weighted by molar-refractivity contribution is 5.86. The molecule has 1 atom stereocenters. The van der Waals surface area contributed by atoms with Crippen LogP contribution in [0.2, 0.25) is 0 Å². The molecule has 0 saturated carbocycles. The van der Waals surface area contributed by atoms with Gasteiger partial charge in [0.25, 0.3) is 0 Å². The summed E-state index contributed by atoms with van der Waals surface area (Å²) in [4.78, 5) is 0. The first-order chi connectivity index (χ1) is 10.2. The van der Waals surface area contributed by atoms with E-state index in [1.54, 1.807) is 12.1 Å². The van der Waals surface area contributed by atoms with Crippen LogP contribution in [0.15, 0.2) is 66.7 Å². The Kier molecular flexibility index (Phi) is 3.98. The molecule has 21 heavy (non-hydrogen) atoms. The van der Waals surface area contributed by atoms with Crippen LogP contribution in [0.25, 0.3) is 10.8 Å². The van der Waals surface area contributed by atoms with Crippen LogP contribution in [0.1, 0.15) is 24.1 Å². The SMILES string of the molecule is CC(NCc1cccc(F)c1)c1cccc2ccccc12. The van der Waals surface area contributed by atoms with Gasteiger partial charge in [0.2, 0.25) is 0 Å². The van der Waals surface area contributed by atoms with Crippen LogP contribution < -0.4 is 5.32 Å². The van der Waals surface area contributed by atoms with Gasteiger partial charge in [-0.3, -0.25) is 0 Å². The third kappa shape index (κ3) is 3.11. The van der Waals surface area contributed by atoms with Crippen molar-refractivity contribution in [3.63, 3.8) is 0 Å². The maximum atomic E-state index is 13.2. The van der Waals surface area contributed by atoms with Crippen LogP contribution in [0.4, 0.5) is 4.39 Å². The van der Waals surface area contributed by atoms with Crippen molar-refractivity contribution in [1.29, 1.82) is 0 Å². The summed E-state index contributed by atoms with van der Waals surface area (Å²) in [5.41, 5.74) is 2.23. The zero-order valence-electron chi connectivity index (χ0n) is 12.0. The predicted octanol–water partition coefficient (Wildman–Crippen LogP) is 4.83. The summed E-state index contributed by atoms with van der Waals surface area (Å²) in [5.74, 6) is -0.188. The number of hydrogen-bond donors (Lipinski definition) is 1. The molecule has 106 valence electrons. The number of benzene rings is 3. The topological polar surface area (TPSA) is 12.0 Å². The Labute approximate surface area is 124 Å². The summed E-state index contributed by atoms with van der Waals surface area (Å²) in [5, 5.41) is 5.98. The Balaban J connectivity index is 1.79. The van der Waals surface area contributed by atoms with Gasteiger partial charge in [0.15, 0.2) is 0 Å². The smallest absolute Gasteiger partial charge is 0.123 e. The van der Waals surface area contributed by atoms with Gasteiger partial charge in [0, 0.05) is 12.6 Å². The molecule has 3 aromatic carbocycles. The fraction of sp³-hybridized carbons (Fsp3) is 0.158. The van der Waals surface area contributed by atoms with Gasteiger partial charge in [-0.15, -0.1) is 0 Å². The number of nitrogens with one attached hydrogen (secondary N) is 1. The molecule has 0 bridgehead atoms. The number of fused-ring (bicyclic) bond motifs is 1. The molecule has 1 N–H and O–H groups in total. The minimum atomic E-state index is -0.188. The van der Waals surface area contributed by atoms with E-state index in [4.69, 9.17) is 0 Å². The minimum Gasteiger partial charge on any atom is -0.306 e. The second kappa shape index (κ2) is 6.06. The Morgan fingerprint density at radius 2 is 1.71 bits per heavy atom. The zero-order valence-corrected chi connectivity index (χ0v) is 12.0. The highest BCUT2D eigenvalue weighted by atomic mass is 19.1. The quantitative estimate of drug-likeness (QED) is 0.721. The number of hydrogen-bond acceptors (Lipinski definition) is 1. The van der Waals surface area contributed by atoms with Gasteiger partial charge >= 0.3 is 0 Å². The van der Waals surface area contributed by atoms with Crippen LogP contribution in [-0.4, -0.2) is 0 Å². The van der Waals surface area contributed by atoms with E-state index in [9.17, 15) is 4.39 Å². The summed E-state index contributed by atoms with van der Waals surface area (Å²) in [6.07, 6.45) is 0. The van der Waals surface area contributed by atoms with E-state index in [0.717, 1.165) is 5.56 Å². The monoisotopic (exact) mass is 279 g/mol. The van der Waals surface area contributed by atoms with Crippen LogP contribution >= 0.6 is 0 Å². The van der Waals surface area contributed by atoms with Gasteiger partial charge in [0.1, 0.15) is 5.82 Å². The molecule has 0 aliphatic heterocycles. The van der Waals surface area contributed by atoms with Gasteiger partial charge in [-0.2, -0.15) is 0 Å². The molecule has 0 aromatic heterocycles. The van der Waals surface area contributed by atoms with E-state index in [0.29, 0.717) is 6.54 Å².